The Kier molecular flexibility index (Phi) is 10.3. The molecule has 42 heavy (non-hydrogen) atoms. The van der Waals surface area contributed by atoms with Crippen LogP contribution in [0.15, 0.2) is 60.8 Å². The molecule has 9 heteroatoms. The third-order valence-electron chi connectivity index (χ3n) is 6.86. The number of carbonyl (C=O) groups is 1. The lowest BCUT2D eigenvalue weighted by Crippen LogP contribution is -2.34. The second-order valence-corrected chi connectivity index (χ2v) is 9.66. The fourth-order valence-electron chi connectivity index (χ4n) is 4.73. The summed E-state index contributed by atoms with van der Waals surface area (Å²) in [5.74, 6) is 2.45. The Labute approximate surface area is 246 Å². The van der Waals surface area contributed by atoms with Crippen LogP contribution in [-0.2, 0) is 23.0 Å². The minimum absolute atomic E-state index is 0.200. The summed E-state index contributed by atoms with van der Waals surface area (Å²) in [6.07, 6.45) is 6.81. The second kappa shape index (κ2) is 14.3. The summed E-state index contributed by atoms with van der Waals surface area (Å²) in [4.78, 5) is 12.5. The van der Waals surface area contributed by atoms with E-state index >= 15 is 0 Å². The van der Waals surface area contributed by atoms with Gasteiger partial charge in [-0.05, 0) is 47.0 Å². The Balaban J connectivity index is 1.30. The second-order valence-electron chi connectivity index (χ2n) is 9.66. The number of carbonyl (C=O) groups excluding carboxylic acids is 1. The normalized spacial score (nSPS) is 11.9. The van der Waals surface area contributed by atoms with Gasteiger partial charge in [0.2, 0.25) is 5.75 Å². The third kappa shape index (κ3) is 7.16. The van der Waals surface area contributed by atoms with Gasteiger partial charge in [0, 0.05) is 37.0 Å². The lowest BCUT2D eigenvalue weighted by Gasteiger charge is -2.13. The number of nitrogens with two attached hydrogens (primary N) is 1. The Hall–Kier alpha value is -4.63. The summed E-state index contributed by atoms with van der Waals surface area (Å²) in [5, 5.41) is 1.09. The molecular formula is C33H38N2O7. The minimum atomic E-state index is -0.745. The van der Waals surface area contributed by atoms with Gasteiger partial charge in [-0.15, -0.1) is 0 Å². The highest BCUT2D eigenvalue weighted by molar-refractivity contribution is 5.85. The number of esters is 1. The summed E-state index contributed by atoms with van der Waals surface area (Å²) in [7, 11) is 8.30. The molecule has 0 spiro atoms. The zero-order chi connectivity index (χ0) is 30.1. The maximum atomic E-state index is 12.5. The van der Waals surface area contributed by atoms with Gasteiger partial charge in [0.05, 0.1) is 41.7 Å². The van der Waals surface area contributed by atoms with Crippen LogP contribution in [0, 0.1) is 0 Å². The Morgan fingerprint density at radius 3 is 2.19 bits per heavy atom. The van der Waals surface area contributed by atoms with Gasteiger partial charge in [-0.25, -0.2) is 0 Å². The number of para-hydroxylation sites is 1. The number of ether oxygens (including phenoxy) is 6. The smallest absolute Gasteiger partial charge is 0.323 e. The van der Waals surface area contributed by atoms with Crippen molar-refractivity contribution in [2.24, 2.45) is 12.8 Å². The maximum absolute atomic E-state index is 12.5. The van der Waals surface area contributed by atoms with Crippen LogP contribution in [-0.4, -0.2) is 58.2 Å². The summed E-state index contributed by atoms with van der Waals surface area (Å²) >= 11 is 0. The molecule has 0 bridgehead atoms. The molecule has 0 saturated carbocycles. The molecule has 0 amide bonds. The molecule has 1 atom stereocenters. The summed E-state index contributed by atoms with van der Waals surface area (Å²) < 4.78 is 35.2. The fraction of sp³-hybridized carbons (Fsp3) is 0.303. The van der Waals surface area contributed by atoms with E-state index in [9.17, 15) is 4.79 Å². The first kappa shape index (κ1) is 30.3. The number of fused-ring (bicyclic) bond motifs is 1. The van der Waals surface area contributed by atoms with Crippen LogP contribution in [0.1, 0.15) is 23.1 Å². The zero-order valence-corrected chi connectivity index (χ0v) is 24.7. The highest BCUT2D eigenvalue weighted by atomic mass is 16.5. The van der Waals surface area contributed by atoms with Crippen molar-refractivity contribution >= 4 is 29.0 Å². The molecular weight excluding hydrogens is 536 g/mol. The molecule has 4 rings (SSSR count). The molecule has 0 aliphatic heterocycles. The van der Waals surface area contributed by atoms with Crippen LogP contribution >= 0.6 is 0 Å². The van der Waals surface area contributed by atoms with E-state index in [4.69, 9.17) is 34.2 Å². The van der Waals surface area contributed by atoms with Crippen LogP contribution in [0.2, 0.25) is 0 Å². The predicted molar refractivity (Wildman–Crippen MR) is 164 cm³/mol. The number of nitrogens with zero attached hydrogens (tertiary/aromatic N) is 1. The van der Waals surface area contributed by atoms with Crippen LogP contribution in [0.3, 0.4) is 0 Å². The van der Waals surface area contributed by atoms with Crippen LogP contribution in [0.5, 0.6) is 28.7 Å². The van der Waals surface area contributed by atoms with Crippen molar-refractivity contribution < 1.29 is 33.2 Å². The molecule has 1 aromatic heterocycles. The van der Waals surface area contributed by atoms with Gasteiger partial charge in [0.15, 0.2) is 23.0 Å². The lowest BCUT2D eigenvalue weighted by molar-refractivity contribution is -0.145. The van der Waals surface area contributed by atoms with Gasteiger partial charge in [-0.3, -0.25) is 4.79 Å². The van der Waals surface area contributed by atoms with Crippen molar-refractivity contribution in [1.82, 2.24) is 4.57 Å². The number of methoxy groups -OCH3 is 4. The van der Waals surface area contributed by atoms with Crippen LogP contribution < -0.4 is 29.4 Å². The van der Waals surface area contributed by atoms with Crippen molar-refractivity contribution in [3.05, 3.63) is 77.5 Å². The van der Waals surface area contributed by atoms with E-state index in [1.165, 1.54) is 0 Å². The van der Waals surface area contributed by atoms with Crippen molar-refractivity contribution in [3.63, 3.8) is 0 Å². The molecule has 2 N–H and O–H groups in total. The van der Waals surface area contributed by atoms with Gasteiger partial charge in [-0.2, -0.15) is 0 Å². The number of aromatic nitrogens is 1. The lowest BCUT2D eigenvalue weighted by atomic mass is 10.1. The number of rotatable bonds is 14. The molecule has 0 radical (unpaired) electrons. The van der Waals surface area contributed by atoms with Crippen molar-refractivity contribution in [1.29, 1.82) is 0 Å². The molecule has 9 nitrogen and oxygen atoms in total. The molecule has 1 heterocycles. The third-order valence-corrected chi connectivity index (χ3v) is 6.86. The topological polar surface area (TPSA) is 103 Å². The van der Waals surface area contributed by atoms with Gasteiger partial charge < -0.3 is 38.7 Å². The van der Waals surface area contributed by atoms with E-state index < -0.39 is 12.0 Å². The highest BCUT2D eigenvalue weighted by Gasteiger charge is 2.18. The predicted octanol–water partition coefficient (Wildman–Crippen LogP) is 5.27. The molecule has 222 valence electrons. The van der Waals surface area contributed by atoms with Gasteiger partial charge in [0.1, 0.15) is 6.04 Å². The zero-order valence-electron chi connectivity index (χ0n) is 24.7. The van der Waals surface area contributed by atoms with Crippen molar-refractivity contribution in [2.75, 3.05) is 41.7 Å². The summed E-state index contributed by atoms with van der Waals surface area (Å²) in [6, 6.07) is 16.7. The molecule has 0 unspecified atom stereocenters. The average Bonchev–Trinajstić information content (AvgIpc) is 3.33. The minimum Gasteiger partial charge on any atom is -0.493 e. The van der Waals surface area contributed by atoms with Gasteiger partial charge in [0.25, 0.3) is 0 Å². The highest BCUT2D eigenvalue weighted by Crippen LogP contribution is 2.39. The van der Waals surface area contributed by atoms with Crippen LogP contribution in [0.4, 0.5) is 0 Å². The molecule has 0 saturated heterocycles. The van der Waals surface area contributed by atoms with E-state index in [-0.39, 0.29) is 6.61 Å². The summed E-state index contributed by atoms with van der Waals surface area (Å²) in [5.41, 5.74) is 10.1. The Morgan fingerprint density at radius 1 is 0.833 bits per heavy atom. The van der Waals surface area contributed by atoms with E-state index in [0.29, 0.717) is 48.2 Å². The molecule has 3 aromatic carbocycles. The molecule has 0 fully saturated rings. The Bertz CT molecular complexity index is 1520. The average molecular weight is 575 g/mol. The van der Waals surface area contributed by atoms with E-state index in [0.717, 1.165) is 27.6 Å². The molecule has 0 aliphatic carbocycles. The number of benzene rings is 3. The first-order valence-corrected chi connectivity index (χ1v) is 13.6. The largest absolute Gasteiger partial charge is 0.493 e. The fourth-order valence-corrected chi connectivity index (χ4v) is 4.73. The number of aryl methyl sites for hydroxylation is 1. The summed E-state index contributed by atoms with van der Waals surface area (Å²) in [6.45, 7) is 0.535. The van der Waals surface area contributed by atoms with E-state index in [2.05, 4.69) is 0 Å². The van der Waals surface area contributed by atoms with Crippen molar-refractivity contribution in [3.8, 4) is 28.7 Å². The number of hydrogen-bond acceptors (Lipinski definition) is 8. The maximum Gasteiger partial charge on any atom is 0.323 e. The van der Waals surface area contributed by atoms with Gasteiger partial charge in [-0.1, -0.05) is 36.4 Å². The molecule has 0 aliphatic rings. The molecule has 4 aromatic rings. The van der Waals surface area contributed by atoms with E-state index in [1.54, 1.807) is 28.4 Å². The Morgan fingerprint density at radius 2 is 1.50 bits per heavy atom. The SMILES string of the molecule is COc1ccc(/C=C\c2cc(OC)c(OC)c(OC)c2)cc1OCCCOC(=O)[C@H](N)Cc1cn(C)c2ccccc12. The monoisotopic (exact) mass is 574 g/mol. The van der Waals surface area contributed by atoms with Gasteiger partial charge >= 0.3 is 5.97 Å². The first-order chi connectivity index (χ1) is 20.4. The standard InChI is InChI=1S/C33H38N2O7/c1-35-21-24(25-9-6-7-10-27(25)35)20-26(34)33(36)42-16-8-15-41-29-17-22(13-14-28(29)37-2)11-12-23-18-30(38-3)32(40-5)31(19-23)39-4/h6-7,9-14,17-19,21,26H,8,15-16,20,34H2,1-5H3/b12-11-/t26-/m1/s1. The van der Waals surface area contributed by atoms with E-state index in [1.807, 2.05) is 84.6 Å². The number of hydrogen-bond donors (Lipinski definition) is 1. The first-order valence-electron chi connectivity index (χ1n) is 13.6. The van der Waals surface area contributed by atoms with Crippen molar-refractivity contribution in [2.45, 2.75) is 18.9 Å². The van der Waals surface area contributed by atoms with Crippen LogP contribution in [0.25, 0.3) is 23.1 Å². The quantitative estimate of drug-likeness (QED) is 0.124.